The highest BCUT2D eigenvalue weighted by Crippen LogP contribution is 2.37. The van der Waals surface area contributed by atoms with E-state index in [9.17, 15) is 13.6 Å². The number of esters is 1. The molecule has 0 amide bonds. The third kappa shape index (κ3) is 2.74. The quantitative estimate of drug-likeness (QED) is 0.881. The maximum Gasteiger partial charge on any atom is 0.355 e. The largest absolute Gasteiger partial charge is 0.456 e. The Balaban J connectivity index is 1.75. The lowest BCUT2D eigenvalue weighted by Crippen LogP contribution is -2.12. The van der Waals surface area contributed by atoms with Crippen LogP contribution < -0.4 is 5.73 Å². The van der Waals surface area contributed by atoms with Crippen molar-refractivity contribution >= 4 is 11.7 Å². The Kier molecular flexibility index (Phi) is 3.37. The number of carbonyl (C=O) groups excluding carboxylic acids is 1. The third-order valence-electron chi connectivity index (χ3n) is 3.43. The molecule has 0 bridgehead atoms. The summed E-state index contributed by atoms with van der Waals surface area (Å²) in [6, 6.07) is 5.27. The molecule has 3 rings (SSSR count). The Labute approximate surface area is 120 Å². The number of ether oxygens (including phenoxy) is 1. The van der Waals surface area contributed by atoms with Gasteiger partial charge in [0.05, 0.1) is 11.3 Å². The summed E-state index contributed by atoms with van der Waals surface area (Å²) in [5.41, 5.74) is 6.20. The number of nitrogens with zero attached hydrogens (tertiary/aromatic N) is 1. The molecule has 21 heavy (non-hydrogen) atoms. The van der Waals surface area contributed by atoms with Crippen molar-refractivity contribution in [3.8, 4) is 0 Å². The molecule has 110 valence electrons. The van der Waals surface area contributed by atoms with E-state index < -0.39 is 24.2 Å². The number of hydrogen-bond acceptors (Lipinski definition) is 3. The third-order valence-corrected chi connectivity index (χ3v) is 3.43. The summed E-state index contributed by atoms with van der Waals surface area (Å²) in [5, 5.41) is 0. The van der Waals surface area contributed by atoms with E-state index in [0.717, 1.165) is 25.0 Å². The Morgan fingerprint density at radius 3 is 2.62 bits per heavy atom. The fourth-order valence-corrected chi connectivity index (χ4v) is 2.20. The molecule has 1 fully saturated rings. The molecule has 0 radical (unpaired) electrons. The van der Waals surface area contributed by atoms with Gasteiger partial charge in [0.15, 0.2) is 0 Å². The molecular weight excluding hydrogens is 278 g/mol. The van der Waals surface area contributed by atoms with Crippen molar-refractivity contribution in [3.63, 3.8) is 0 Å². The Morgan fingerprint density at radius 1 is 1.33 bits per heavy atom. The number of rotatable bonds is 4. The first-order chi connectivity index (χ1) is 10.1. The number of carbonyl (C=O) groups is 1. The Hall–Kier alpha value is -2.37. The van der Waals surface area contributed by atoms with Crippen molar-refractivity contribution in [2.24, 2.45) is 0 Å². The zero-order valence-corrected chi connectivity index (χ0v) is 11.2. The number of aromatic nitrogens is 1. The van der Waals surface area contributed by atoms with Crippen LogP contribution >= 0.6 is 0 Å². The number of anilines is 1. The van der Waals surface area contributed by atoms with Gasteiger partial charge in [-0.15, -0.1) is 0 Å². The SMILES string of the molecule is Nc1cc(C(=O)OCc2c(F)cccc2F)n(C2CC2)c1. The van der Waals surface area contributed by atoms with Crippen LogP contribution in [0.4, 0.5) is 14.5 Å². The predicted octanol–water partition coefficient (Wildman–Crippen LogP) is 3.04. The van der Waals surface area contributed by atoms with Crippen molar-refractivity contribution in [3.05, 3.63) is 53.4 Å². The molecule has 0 unspecified atom stereocenters. The molecular formula is C15H14F2N2O2. The summed E-state index contributed by atoms with van der Waals surface area (Å²) in [6.07, 6.45) is 3.64. The zero-order valence-electron chi connectivity index (χ0n) is 11.2. The first-order valence-corrected chi connectivity index (χ1v) is 6.63. The summed E-state index contributed by atoms with van der Waals surface area (Å²) in [6.45, 7) is -0.451. The van der Waals surface area contributed by atoms with Crippen molar-refractivity contribution in [2.45, 2.75) is 25.5 Å². The second-order valence-corrected chi connectivity index (χ2v) is 5.07. The molecule has 6 heteroatoms. The average molecular weight is 292 g/mol. The molecule has 0 aliphatic heterocycles. The highest BCUT2D eigenvalue weighted by atomic mass is 19.1. The minimum absolute atomic E-state index is 0.259. The monoisotopic (exact) mass is 292 g/mol. The molecule has 2 aromatic rings. The van der Waals surface area contributed by atoms with Gasteiger partial charge in [0, 0.05) is 12.2 Å². The normalized spacial score (nSPS) is 14.2. The van der Waals surface area contributed by atoms with Crippen molar-refractivity contribution in [1.82, 2.24) is 4.57 Å². The van der Waals surface area contributed by atoms with Crippen LogP contribution in [0.5, 0.6) is 0 Å². The van der Waals surface area contributed by atoms with Crippen LogP contribution in [0.25, 0.3) is 0 Å². The molecule has 1 saturated carbocycles. The van der Waals surface area contributed by atoms with Crippen molar-refractivity contribution < 1.29 is 18.3 Å². The van der Waals surface area contributed by atoms with Crippen LogP contribution in [0.2, 0.25) is 0 Å². The number of benzene rings is 1. The predicted molar refractivity (Wildman–Crippen MR) is 72.6 cm³/mol. The second kappa shape index (κ2) is 5.20. The molecule has 1 aromatic carbocycles. The Bertz CT molecular complexity index is 673. The number of halogens is 2. The standard InChI is InChI=1S/C15H14F2N2O2/c16-12-2-1-3-13(17)11(12)8-21-15(20)14-6-9(18)7-19(14)10-4-5-10/h1-3,6-7,10H,4-5,8,18H2. The molecule has 0 atom stereocenters. The maximum atomic E-state index is 13.5. The van der Waals surface area contributed by atoms with Gasteiger partial charge in [-0.2, -0.15) is 0 Å². The first-order valence-electron chi connectivity index (χ1n) is 6.63. The lowest BCUT2D eigenvalue weighted by molar-refractivity contribution is 0.0452. The van der Waals surface area contributed by atoms with Crippen LogP contribution in [0.1, 0.15) is 34.9 Å². The lowest BCUT2D eigenvalue weighted by Gasteiger charge is -2.09. The lowest BCUT2D eigenvalue weighted by atomic mass is 10.2. The second-order valence-electron chi connectivity index (χ2n) is 5.07. The Morgan fingerprint density at radius 2 is 2.00 bits per heavy atom. The summed E-state index contributed by atoms with van der Waals surface area (Å²) < 4.78 is 33.7. The van der Waals surface area contributed by atoms with Crippen LogP contribution in [0.3, 0.4) is 0 Å². The molecule has 2 N–H and O–H groups in total. The fraction of sp³-hybridized carbons (Fsp3) is 0.267. The van der Waals surface area contributed by atoms with Crippen molar-refractivity contribution in [2.75, 3.05) is 5.73 Å². The van der Waals surface area contributed by atoms with E-state index in [2.05, 4.69) is 0 Å². The van der Waals surface area contributed by atoms with Crippen LogP contribution in [-0.4, -0.2) is 10.5 Å². The number of hydrogen-bond donors (Lipinski definition) is 1. The minimum atomic E-state index is -0.736. The molecule has 1 aromatic heterocycles. The average Bonchev–Trinajstić information content (AvgIpc) is 3.21. The van der Waals surface area contributed by atoms with Crippen LogP contribution in [0.15, 0.2) is 30.5 Å². The maximum absolute atomic E-state index is 13.5. The van der Waals surface area contributed by atoms with E-state index in [4.69, 9.17) is 10.5 Å². The summed E-state index contributed by atoms with van der Waals surface area (Å²) in [7, 11) is 0. The summed E-state index contributed by atoms with van der Waals surface area (Å²) in [4.78, 5) is 12.1. The highest BCUT2D eigenvalue weighted by molar-refractivity contribution is 5.89. The van der Waals surface area contributed by atoms with Gasteiger partial charge in [0.25, 0.3) is 0 Å². The van der Waals surface area contributed by atoms with Gasteiger partial charge in [-0.05, 0) is 31.0 Å². The van der Waals surface area contributed by atoms with Crippen molar-refractivity contribution in [1.29, 1.82) is 0 Å². The first kappa shape index (κ1) is 13.6. The van der Waals surface area contributed by atoms with Gasteiger partial charge in [-0.25, -0.2) is 13.6 Å². The van der Waals surface area contributed by atoms with Gasteiger partial charge < -0.3 is 15.0 Å². The summed E-state index contributed by atoms with van der Waals surface area (Å²) >= 11 is 0. The molecule has 1 heterocycles. The highest BCUT2D eigenvalue weighted by Gasteiger charge is 2.28. The fourth-order valence-electron chi connectivity index (χ4n) is 2.20. The van der Waals surface area contributed by atoms with E-state index in [0.29, 0.717) is 11.4 Å². The van der Waals surface area contributed by atoms with Crippen LogP contribution in [0, 0.1) is 11.6 Å². The van der Waals surface area contributed by atoms with E-state index in [-0.39, 0.29) is 11.6 Å². The smallest absolute Gasteiger partial charge is 0.355 e. The number of nitrogens with two attached hydrogens (primary N) is 1. The van der Waals surface area contributed by atoms with Gasteiger partial charge in [-0.1, -0.05) is 6.07 Å². The topological polar surface area (TPSA) is 57.3 Å². The van der Waals surface area contributed by atoms with Gasteiger partial charge in [-0.3, -0.25) is 0 Å². The van der Waals surface area contributed by atoms with Gasteiger partial charge >= 0.3 is 5.97 Å². The minimum Gasteiger partial charge on any atom is -0.456 e. The van der Waals surface area contributed by atoms with Gasteiger partial charge in [0.1, 0.15) is 23.9 Å². The molecule has 0 saturated heterocycles. The van der Waals surface area contributed by atoms with E-state index in [1.165, 1.54) is 12.1 Å². The molecule has 1 aliphatic carbocycles. The molecule has 0 spiro atoms. The molecule has 4 nitrogen and oxygen atoms in total. The molecule has 1 aliphatic rings. The van der Waals surface area contributed by atoms with Gasteiger partial charge in [0.2, 0.25) is 0 Å². The van der Waals surface area contributed by atoms with E-state index in [1.807, 2.05) is 0 Å². The van der Waals surface area contributed by atoms with E-state index in [1.54, 1.807) is 10.8 Å². The summed E-state index contributed by atoms with van der Waals surface area (Å²) in [5.74, 6) is -2.11. The zero-order chi connectivity index (χ0) is 15.0. The van der Waals surface area contributed by atoms with Crippen LogP contribution in [-0.2, 0) is 11.3 Å². The number of nitrogen functional groups attached to an aromatic ring is 1. The van der Waals surface area contributed by atoms with E-state index >= 15 is 0 Å².